The van der Waals surface area contributed by atoms with Crippen LogP contribution < -0.4 is 10.1 Å². The summed E-state index contributed by atoms with van der Waals surface area (Å²) in [4.78, 5) is 24.0. The Morgan fingerprint density at radius 2 is 1.79 bits per heavy atom. The number of imide groups is 1. The molecule has 1 heterocycles. The van der Waals surface area contributed by atoms with Crippen LogP contribution in [0.1, 0.15) is 28.4 Å². The molecular formula is C19H17NO4. The molecule has 122 valence electrons. The molecule has 1 aliphatic rings. The maximum atomic E-state index is 12.0. The van der Waals surface area contributed by atoms with Gasteiger partial charge in [0.2, 0.25) is 0 Å². The third kappa shape index (κ3) is 3.30. The van der Waals surface area contributed by atoms with Gasteiger partial charge in [-0.25, -0.2) is 0 Å². The lowest BCUT2D eigenvalue weighted by Gasteiger charge is -2.19. The van der Waals surface area contributed by atoms with Crippen LogP contribution in [0.25, 0.3) is 5.57 Å². The van der Waals surface area contributed by atoms with Crippen LogP contribution >= 0.6 is 0 Å². The molecule has 0 atom stereocenters. The number of carbonyl (C=O) groups excluding carboxylic acids is 2. The Morgan fingerprint density at radius 1 is 1.00 bits per heavy atom. The van der Waals surface area contributed by atoms with Gasteiger partial charge in [-0.1, -0.05) is 30.3 Å². The van der Waals surface area contributed by atoms with Gasteiger partial charge in [-0.2, -0.15) is 0 Å². The molecule has 2 amide bonds. The van der Waals surface area contributed by atoms with Gasteiger partial charge >= 0.3 is 0 Å². The van der Waals surface area contributed by atoms with Crippen molar-refractivity contribution < 1.29 is 19.1 Å². The van der Waals surface area contributed by atoms with Crippen LogP contribution in [-0.2, 0) is 16.1 Å². The minimum Gasteiger partial charge on any atom is -0.501 e. The summed E-state index contributed by atoms with van der Waals surface area (Å²) in [7, 11) is 0. The van der Waals surface area contributed by atoms with Crippen molar-refractivity contribution in [3.63, 3.8) is 0 Å². The average Bonchev–Trinajstić information content (AvgIpc) is 2.60. The Morgan fingerprint density at radius 3 is 2.54 bits per heavy atom. The van der Waals surface area contributed by atoms with Crippen LogP contribution in [0.3, 0.4) is 0 Å². The Balaban J connectivity index is 1.88. The van der Waals surface area contributed by atoms with Gasteiger partial charge in [0.05, 0.1) is 18.4 Å². The van der Waals surface area contributed by atoms with Crippen LogP contribution in [-0.4, -0.2) is 18.4 Å². The van der Waals surface area contributed by atoms with Gasteiger partial charge in [-0.15, -0.1) is 0 Å². The van der Waals surface area contributed by atoms with Gasteiger partial charge in [0.25, 0.3) is 11.8 Å². The van der Waals surface area contributed by atoms with E-state index in [-0.39, 0.29) is 0 Å². The quantitative estimate of drug-likeness (QED) is 0.522. The zero-order valence-corrected chi connectivity index (χ0v) is 13.2. The molecule has 5 nitrogen and oxygen atoms in total. The molecule has 0 radical (unpaired) electrons. The van der Waals surface area contributed by atoms with Crippen molar-refractivity contribution in [3.05, 3.63) is 71.5 Å². The Kier molecular flexibility index (Phi) is 4.61. The second kappa shape index (κ2) is 7.00. The Hall–Kier alpha value is -3.08. The zero-order valence-electron chi connectivity index (χ0n) is 13.2. The molecule has 24 heavy (non-hydrogen) atoms. The molecule has 1 N–H and O–H groups in total. The lowest BCUT2D eigenvalue weighted by molar-refractivity contribution is -0.114. The summed E-state index contributed by atoms with van der Waals surface area (Å²) >= 11 is 0. The molecule has 0 saturated carbocycles. The van der Waals surface area contributed by atoms with Crippen LogP contribution in [0.2, 0.25) is 0 Å². The monoisotopic (exact) mass is 323 g/mol. The van der Waals surface area contributed by atoms with Gasteiger partial charge in [0.15, 0.2) is 0 Å². The highest BCUT2D eigenvalue weighted by molar-refractivity contribution is 6.30. The summed E-state index contributed by atoms with van der Waals surface area (Å²) in [5.74, 6) is -0.304. The number of rotatable bonds is 5. The van der Waals surface area contributed by atoms with Gasteiger partial charge in [-0.05, 0) is 30.7 Å². The van der Waals surface area contributed by atoms with E-state index in [2.05, 4.69) is 5.32 Å². The van der Waals surface area contributed by atoms with Crippen LogP contribution in [0.15, 0.2) is 54.8 Å². The molecule has 2 aromatic rings. The van der Waals surface area contributed by atoms with Gasteiger partial charge in [0, 0.05) is 11.1 Å². The van der Waals surface area contributed by atoms with Crippen molar-refractivity contribution in [1.82, 2.24) is 5.32 Å². The van der Waals surface area contributed by atoms with E-state index in [4.69, 9.17) is 9.47 Å². The fourth-order valence-corrected chi connectivity index (χ4v) is 2.42. The summed E-state index contributed by atoms with van der Waals surface area (Å²) < 4.78 is 11.0. The summed E-state index contributed by atoms with van der Waals surface area (Å²) in [5, 5.41) is 2.30. The topological polar surface area (TPSA) is 64.6 Å². The highest BCUT2D eigenvalue weighted by atomic mass is 16.5. The van der Waals surface area contributed by atoms with Crippen LogP contribution in [0, 0.1) is 0 Å². The SMILES string of the molecule is CCO/C=C1\C(=O)NC(=O)c2ccc(OCc3ccccc3)cc21. The largest absolute Gasteiger partial charge is 0.501 e. The van der Waals surface area contributed by atoms with E-state index < -0.39 is 11.8 Å². The average molecular weight is 323 g/mol. The highest BCUT2D eigenvalue weighted by Crippen LogP contribution is 2.28. The molecule has 1 aliphatic heterocycles. The van der Waals surface area contributed by atoms with E-state index in [1.165, 1.54) is 6.26 Å². The lowest BCUT2D eigenvalue weighted by atomic mass is 9.95. The fourth-order valence-electron chi connectivity index (χ4n) is 2.42. The first-order valence-corrected chi connectivity index (χ1v) is 7.67. The number of amides is 2. The van der Waals surface area contributed by atoms with Crippen molar-refractivity contribution >= 4 is 17.4 Å². The number of nitrogens with one attached hydrogen (secondary N) is 1. The molecule has 0 spiro atoms. The van der Waals surface area contributed by atoms with Gasteiger partial charge in [0.1, 0.15) is 12.4 Å². The van der Waals surface area contributed by atoms with Crippen molar-refractivity contribution in [2.24, 2.45) is 0 Å². The van der Waals surface area contributed by atoms with Gasteiger partial charge < -0.3 is 9.47 Å². The highest BCUT2D eigenvalue weighted by Gasteiger charge is 2.28. The van der Waals surface area contributed by atoms with E-state index in [1.54, 1.807) is 18.2 Å². The predicted molar refractivity (Wildman–Crippen MR) is 89.3 cm³/mol. The summed E-state index contributed by atoms with van der Waals surface area (Å²) in [6.45, 7) is 2.66. The number of fused-ring (bicyclic) bond motifs is 1. The smallest absolute Gasteiger partial charge is 0.261 e. The summed E-state index contributed by atoms with van der Waals surface area (Å²) in [5.41, 5.74) is 2.29. The maximum Gasteiger partial charge on any atom is 0.261 e. The summed E-state index contributed by atoms with van der Waals surface area (Å²) in [6.07, 6.45) is 1.38. The molecule has 0 aromatic heterocycles. The van der Waals surface area contributed by atoms with E-state index in [1.807, 2.05) is 37.3 Å². The first-order chi connectivity index (χ1) is 11.7. The molecule has 0 aliphatic carbocycles. The normalized spacial score (nSPS) is 15.0. The van der Waals surface area contributed by atoms with Crippen molar-refractivity contribution in [2.75, 3.05) is 6.61 Å². The Bertz CT molecular complexity index is 796. The number of hydrogen-bond donors (Lipinski definition) is 1. The molecular weight excluding hydrogens is 306 g/mol. The standard InChI is InChI=1S/C19H17NO4/c1-2-23-12-17-16-10-14(24-11-13-6-4-3-5-7-13)8-9-15(16)18(21)20-19(17)22/h3-10,12H,2,11H2,1H3,(H,20,21,22)/b17-12-. The molecule has 0 saturated heterocycles. The van der Waals surface area contributed by atoms with E-state index in [0.717, 1.165) is 5.56 Å². The molecule has 3 rings (SSSR count). The Labute approximate surface area is 139 Å². The molecule has 0 bridgehead atoms. The first kappa shape index (κ1) is 15.8. The molecule has 0 unspecified atom stereocenters. The third-order valence-corrected chi connectivity index (χ3v) is 3.61. The first-order valence-electron chi connectivity index (χ1n) is 7.67. The fraction of sp³-hybridized carbons (Fsp3) is 0.158. The zero-order chi connectivity index (χ0) is 16.9. The second-order valence-corrected chi connectivity index (χ2v) is 5.25. The number of hydrogen-bond acceptors (Lipinski definition) is 4. The number of carbonyl (C=O) groups is 2. The van der Waals surface area contributed by atoms with E-state index in [9.17, 15) is 9.59 Å². The predicted octanol–water partition coefficient (Wildman–Crippen LogP) is 2.91. The molecule has 0 fully saturated rings. The van der Waals surface area contributed by atoms with Crippen LogP contribution in [0.4, 0.5) is 0 Å². The van der Waals surface area contributed by atoms with E-state index >= 15 is 0 Å². The minimum absolute atomic E-state index is 0.316. The van der Waals surface area contributed by atoms with Crippen LogP contribution in [0.5, 0.6) is 5.75 Å². The van der Waals surface area contributed by atoms with E-state index in [0.29, 0.717) is 35.7 Å². The number of benzene rings is 2. The molecule has 5 heteroatoms. The van der Waals surface area contributed by atoms with Crippen molar-refractivity contribution in [3.8, 4) is 5.75 Å². The third-order valence-electron chi connectivity index (χ3n) is 3.61. The lowest BCUT2D eigenvalue weighted by Crippen LogP contribution is -2.36. The van der Waals surface area contributed by atoms with Gasteiger partial charge in [-0.3, -0.25) is 14.9 Å². The minimum atomic E-state index is -0.471. The molecule has 2 aromatic carbocycles. The second-order valence-electron chi connectivity index (χ2n) is 5.25. The van der Waals surface area contributed by atoms with Crippen molar-refractivity contribution in [2.45, 2.75) is 13.5 Å². The van der Waals surface area contributed by atoms with Crippen molar-refractivity contribution in [1.29, 1.82) is 0 Å². The number of ether oxygens (including phenoxy) is 2. The summed E-state index contributed by atoms with van der Waals surface area (Å²) in [6, 6.07) is 14.8. The maximum absolute atomic E-state index is 12.0.